The van der Waals surface area contributed by atoms with Gasteiger partial charge in [0.25, 0.3) is 0 Å². The molecule has 1 aromatic heterocycles. The van der Waals surface area contributed by atoms with Gasteiger partial charge in [-0.3, -0.25) is 14.7 Å². The van der Waals surface area contributed by atoms with Gasteiger partial charge >= 0.3 is 0 Å². The van der Waals surface area contributed by atoms with Gasteiger partial charge in [0.2, 0.25) is 5.91 Å². The topological polar surface area (TPSA) is 54.5 Å². The van der Waals surface area contributed by atoms with Crippen molar-refractivity contribution in [2.24, 2.45) is 0 Å². The lowest BCUT2D eigenvalue weighted by molar-refractivity contribution is -0.126. The quantitative estimate of drug-likeness (QED) is 0.802. The maximum Gasteiger partial charge on any atom is 0.237 e. The summed E-state index contributed by atoms with van der Waals surface area (Å²) in [4.78, 5) is 19.6. The van der Waals surface area contributed by atoms with E-state index >= 15 is 0 Å². The highest BCUT2D eigenvalue weighted by Crippen LogP contribution is 2.43. The van der Waals surface area contributed by atoms with Crippen LogP contribution in [0.2, 0.25) is 0 Å². The van der Waals surface area contributed by atoms with Crippen molar-refractivity contribution in [1.29, 1.82) is 0 Å². The Hall–Kier alpha value is -2.40. The van der Waals surface area contributed by atoms with Crippen LogP contribution in [0, 0.1) is 0 Å². The lowest BCUT2D eigenvalue weighted by Crippen LogP contribution is -2.50. The molecule has 4 rings (SSSR count). The van der Waals surface area contributed by atoms with E-state index < -0.39 is 0 Å². The molecule has 2 fully saturated rings. The standard InChI is InChI=1S/C23H29N3O2/c1-28-20-10-8-18(9-11-20)23(12-5-13-23)17-25-22(27)21-7-4-15-26(21)16-19-6-2-3-14-24-19/h2-3,6,8-11,14,21H,4-5,7,12-13,15-17H2,1H3,(H,25,27). The zero-order chi connectivity index (χ0) is 19.4. The molecule has 1 aliphatic heterocycles. The second kappa shape index (κ2) is 8.31. The molecule has 5 heteroatoms. The summed E-state index contributed by atoms with van der Waals surface area (Å²) in [6, 6.07) is 14.2. The molecule has 28 heavy (non-hydrogen) atoms. The van der Waals surface area contributed by atoms with Crippen molar-refractivity contribution in [3.8, 4) is 5.75 Å². The number of rotatable bonds is 7. The minimum absolute atomic E-state index is 0.0463. The van der Waals surface area contributed by atoms with Crippen LogP contribution in [-0.2, 0) is 16.8 Å². The van der Waals surface area contributed by atoms with E-state index in [4.69, 9.17) is 4.74 Å². The number of carbonyl (C=O) groups excluding carboxylic acids is 1. The van der Waals surface area contributed by atoms with Gasteiger partial charge < -0.3 is 10.1 Å². The maximum absolute atomic E-state index is 13.0. The van der Waals surface area contributed by atoms with Crippen molar-refractivity contribution in [2.45, 2.75) is 50.1 Å². The Morgan fingerprint density at radius 2 is 2.04 bits per heavy atom. The van der Waals surface area contributed by atoms with Gasteiger partial charge in [-0.05, 0) is 62.1 Å². The molecule has 2 aliphatic rings. The Bertz CT molecular complexity index is 787. The van der Waals surface area contributed by atoms with E-state index in [9.17, 15) is 4.79 Å². The lowest BCUT2D eigenvalue weighted by Gasteiger charge is -2.43. The first-order chi connectivity index (χ1) is 13.7. The van der Waals surface area contributed by atoms with Gasteiger partial charge in [-0.25, -0.2) is 0 Å². The number of methoxy groups -OCH3 is 1. The Morgan fingerprint density at radius 3 is 2.68 bits per heavy atom. The largest absolute Gasteiger partial charge is 0.497 e. The molecule has 2 heterocycles. The summed E-state index contributed by atoms with van der Waals surface area (Å²) in [7, 11) is 1.69. The van der Waals surface area contributed by atoms with Crippen LogP contribution in [0.4, 0.5) is 0 Å². The number of ether oxygens (including phenoxy) is 1. The van der Waals surface area contributed by atoms with Gasteiger partial charge in [-0.1, -0.05) is 24.6 Å². The highest BCUT2D eigenvalue weighted by Gasteiger charge is 2.40. The van der Waals surface area contributed by atoms with Gasteiger partial charge in [-0.2, -0.15) is 0 Å². The first-order valence-electron chi connectivity index (χ1n) is 10.3. The van der Waals surface area contributed by atoms with E-state index in [1.807, 2.05) is 36.5 Å². The molecule has 1 saturated heterocycles. The van der Waals surface area contributed by atoms with Crippen LogP contribution in [0.25, 0.3) is 0 Å². The Balaban J connectivity index is 1.38. The molecule has 1 saturated carbocycles. The smallest absolute Gasteiger partial charge is 0.237 e. The van der Waals surface area contributed by atoms with Crippen LogP contribution in [0.5, 0.6) is 5.75 Å². The monoisotopic (exact) mass is 379 g/mol. The first-order valence-corrected chi connectivity index (χ1v) is 10.3. The van der Waals surface area contributed by atoms with E-state index in [-0.39, 0.29) is 17.4 Å². The van der Waals surface area contributed by atoms with Crippen molar-refractivity contribution in [3.63, 3.8) is 0 Å². The zero-order valence-corrected chi connectivity index (χ0v) is 16.6. The average Bonchev–Trinajstić information content (AvgIpc) is 3.16. The predicted molar refractivity (Wildman–Crippen MR) is 109 cm³/mol. The van der Waals surface area contributed by atoms with E-state index in [0.717, 1.165) is 50.2 Å². The third-order valence-electron chi connectivity index (χ3n) is 6.37. The summed E-state index contributed by atoms with van der Waals surface area (Å²) in [5, 5.41) is 3.28. The van der Waals surface area contributed by atoms with Crippen molar-refractivity contribution in [2.75, 3.05) is 20.2 Å². The average molecular weight is 380 g/mol. The van der Waals surface area contributed by atoms with Crippen LogP contribution < -0.4 is 10.1 Å². The van der Waals surface area contributed by atoms with E-state index in [1.54, 1.807) is 7.11 Å². The fourth-order valence-corrected chi connectivity index (χ4v) is 4.50. The number of nitrogens with zero attached hydrogens (tertiary/aromatic N) is 2. The van der Waals surface area contributed by atoms with Gasteiger partial charge in [0.05, 0.1) is 18.8 Å². The number of nitrogens with one attached hydrogen (secondary N) is 1. The number of carbonyl (C=O) groups is 1. The molecule has 0 bridgehead atoms. The number of hydrogen-bond acceptors (Lipinski definition) is 4. The van der Waals surface area contributed by atoms with Crippen molar-refractivity contribution in [3.05, 3.63) is 59.9 Å². The fourth-order valence-electron chi connectivity index (χ4n) is 4.50. The van der Waals surface area contributed by atoms with E-state index in [0.29, 0.717) is 6.54 Å². The molecule has 1 N–H and O–H groups in total. The number of aromatic nitrogens is 1. The second-order valence-electron chi connectivity index (χ2n) is 8.03. The first kappa shape index (κ1) is 18.9. The number of likely N-dealkylation sites (tertiary alicyclic amines) is 1. The maximum atomic E-state index is 13.0. The lowest BCUT2D eigenvalue weighted by atomic mass is 9.64. The third-order valence-corrected chi connectivity index (χ3v) is 6.37. The van der Waals surface area contributed by atoms with Crippen molar-refractivity contribution >= 4 is 5.91 Å². The number of amides is 1. The molecule has 5 nitrogen and oxygen atoms in total. The van der Waals surface area contributed by atoms with Gasteiger partial charge in [0, 0.05) is 24.7 Å². The molecule has 1 atom stereocenters. The van der Waals surface area contributed by atoms with E-state index in [1.165, 1.54) is 12.0 Å². The number of benzene rings is 1. The Labute approximate surface area is 167 Å². The Morgan fingerprint density at radius 1 is 1.21 bits per heavy atom. The minimum atomic E-state index is -0.0463. The summed E-state index contributed by atoms with van der Waals surface area (Å²) < 4.78 is 5.28. The van der Waals surface area contributed by atoms with Crippen LogP contribution in [0.1, 0.15) is 43.4 Å². The minimum Gasteiger partial charge on any atom is -0.497 e. The molecule has 1 unspecified atom stereocenters. The molecule has 0 spiro atoms. The second-order valence-corrected chi connectivity index (χ2v) is 8.03. The zero-order valence-electron chi connectivity index (χ0n) is 16.6. The van der Waals surface area contributed by atoms with Gasteiger partial charge in [0.15, 0.2) is 0 Å². The summed E-state index contributed by atoms with van der Waals surface area (Å²) >= 11 is 0. The Kier molecular flexibility index (Phi) is 5.62. The SMILES string of the molecule is COc1ccc(C2(CNC(=O)C3CCCN3Cc3ccccn3)CCC2)cc1. The molecule has 1 aromatic carbocycles. The summed E-state index contributed by atoms with van der Waals surface area (Å²) in [6.45, 7) is 2.41. The number of hydrogen-bond donors (Lipinski definition) is 1. The predicted octanol–water partition coefficient (Wildman–Crippen LogP) is 3.29. The van der Waals surface area contributed by atoms with Crippen LogP contribution in [0.15, 0.2) is 48.7 Å². The summed E-state index contributed by atoms with van der Waals surface area (Å²) in [5.41, 5.74) is 2.40. The van der Waals surface area contributed by atoms with Crippen molar-refractivity contribution < 1.29 is 9.53 Å². The third kappa shape index (κ3) is 3.90. The van der Waals surface area contributed by atoms with Gasteiger partial charge in [0.1, 0.15) is 5.75 Å². The molecule has 148 valence electrons. The fraction of sp³-hybridized carbons (Fsp3) is 0.478. The molecular weight excluding hydrogens is 350 g/mol. The van der Waals surface area contributed by atoms with Crippen LogP contribution in [0.3, 0.4) is 0 Å². The molecule has 0 radical (unpaired) electrons. The molecule has 1 aliphatic carbocycles. The van der Waals surface area contributed by atoms with E-state index in [2.05, 4.69) is 27.3 Å². The molecular formula is C23H29N3O2. The molecule has 1 amide bonds. The van der Waals surface area contributed by atoms with Crippen molar-refractivity contribution in [1.82, 2.24) is 15.2 Å². The summed E-state index contributed by atoms with van der Waals surface area (Å²) in [5.74, 6) is 1.03. The summed E-state index contributed by atoms with van der Waals surface area (Å²) in [6.07, 6.45) is 7.28. The highest BCUT2D eigenvalue weighted by molar-refractivity contribution is 5.82. The highest BCUT2D eigenvalue weighted by atomic mass is 16.5. The van der Waals surface area contributed by atoms with Crippen LogP contribution in [-0.4, -0.2) is 42.0 Å². The van der Waals surface area contributed by atoms with Crippen LogP contribution >= 0.6 is 0 Å². The van der Waals surface area contributed by atoms with Gasteiger partial charge in [-0.15, -0.1) is 0 Å². The normalized spacial score (nSPS) is 21.1. The molecule has 2 aromatic rings. The number of pyridine rings is 1.